The van der Waals surface area contributed by atoms with Crippen LogP contribution in [0.2, 0.25) is 0 Å². The summed E-state index contributed by atoms with van der Waals surface area (Å²) < 4.78 is 6.86. The number of carbonyl (C=O) groups is 1. The van der Waals surface area contributed by atoms with Crippen LogP contribution < -0.4 is 4.74 Å². The van der Waals surface area contributed by atoms with E-state index in [1.165, 1.54) is 5.56 Å². The van der Waals surface area contributed by atoms with E-state index in [1.807, 2.05) is 30.7 Å². The van der Waals surface area contributed by atoms with Gasteiger partial charge in [-0.25, -0.2) is 15.0 Å². The largest absolute Gasteiger partial charge is 0.467 e. The minimum atomic E-state index is 0.156. The number of nitrogens with one attached hydrogen (secondary N) is 1. The quantitative estimate of drug-likeness (QED) is 0.300. The zero-order valence-electron chi connectivity index (χ0n) is 19.4. The Labute approximate surface area is 197 Å². The standard InChI is InChI=1S/C27H27N5O2/c1-3-4-5-9-25(33)32-11-10-22-18(7-6-8-24(22)32)12-20-15-29-26-23(20)13-19(14-28-26)21-16-30-27(34-2)31-17-21/h6-8,10-11,13-17H,3-5,9,12H2,1-2H3,(H,28,29). The number of aromatic nitrogens is 5. The molecule has 0 radical (unpaired) electrons. The smallest absolute Gasteiger partial charge is 0.316 e. The van der Waals surface area contributed by atoms with Gasteiger partial charge in [-0.3, -0.25) is 9.36 Å². The van der Waals surface area contributed by atoms with Crippen LogP contribution in [0.4, 0.5) is 0 Å². The number of nitrogens with zero attached hydrogens (tertiary/aromatic N) is 4. The van der Waals surface area contributed by atoms with Gasteiger partial charge < -0.3 is 9.72 Å². The first-order valence-electron chi connectivity index (χ1n) is 11.6. The molecular weight excluding hydrogens is 426 g/mol. The van der Waals surface area contributed by atoms with Crippen molar-refractivity contribution in [1.82, 2.24) is 24.5 Å². The van der Waals surface area contributed by atoms with Crippen LogP contribution in [0.25, 0.3) is 33.1 Å². The number of unbranched alkanes of at least 4 members (excludes halogenated alkanes) is 2. The molecule has 0 saturated heterocycles. The molecule has 1 aromatic carbocycles. The maximum Gasteiger partial charge on any atom is 0.316 e. The molecule has 0 saturated carbocycles. The van der Waals surface area contributed by atoms with Crippen molar-refractivity contribution in [3.8, 4) is 17.1 Å². The third-order valence-electron chi connectivity index (χ3n) is 6.23. The number of rotatable bonds is 8. The van der Waals surface area contributed by atoms with Gasteiger partial charge in [0.2, 0.25) is 5.91 Å². The van der Waals surface area contributed by atoms with Gasteiger partial charge in [0.25, 0.3) is 0 Å². The summed E-state index contributed by atoms with van der Waals surface area (Å²) >= 11 is 0. The third kappa shape index (κ3) is 4.17. The molecule has 4 aromatic heterocycles. The average Bonchev–Trinajstić information content (AvgIpc) is 3.49. The fourth-order valence-corrected chi connectivity index (χ4v) is 4.39. The SMILES string of the molecule is CCCCCC(=O)n1ccc2c(Cc3c[nH]c4ncc(-c5cnc(OC)nc5)cc34)cccc21. The molecule has 5 rings (SSSR count). The van der Waals surface area contributed by atoms with E-state index in [-0.39, 0.29) is 5.91 Å². The summed E-state index contributed by atoms with van der Waals surface area (Å²) in [5, 5.41) is 2.16. The van der Waals surface area contributed by atoms with Gasteiger partial charge in [0.1, 0.15) is 5.65 Å². The molecule has 0 amide bonds. The van der Waals surface area contributed by atoms with Crippen molar-refractivity contribution >= 4 is 27.8 Å². The maximum absolute atomic E-state index is 12.7. The first-order chi connectivity index (χ1) is 16.7. The van der Waals surface area contributed by atoms with E-state index in [1.54, 1.807) is 24.1 Å². The van der Waals surface area contributed by atoms with E-state index >= 15 is 0 Å². The number of hydrogen-bond acceptors (Lipinski definition) is 5. The van der Waals surface area contributed by atoms with Crippen LogP contribution in [-0.2, 0) is 6.42 Å². The van der Waals surface area contributed by atoms with Crippen molar-refractivity contribution < 1.29 is 9.53 Å². The zero-order chi connectivity index (χ0) is 23.5. The van der Waals surface area contributed by atoms with E-state index in [2.05, 4.69) is 45.1 Å². The highest BCUT2D eigenvalue weighted by Gasteiger charge is 2.14. The first-order valence-corrected chi connectivity index (χ1v) is 11.6. The van der Waals surface area contributed by atoms with Crippen LogP contribution in [0.3, 0.4) is 0 Å². The number of hydrogen-bond donors (Lipinski definition) is 1. The lowest BCUT2D eigenvalue weighted by Crippen LogP contribution is -2.08. The molecule has 1 N–H and O–H groups in total. The molecule has 34 heavy (non-hydrogen) atoms. The Bertz CT molecular complexity index is 1450. The molecule has 7 nitrogen and oxygen atoms in total. The molecule has 0 aliphatic carbocycles. The molecule has 7 heteroatoms. The number of carbonyl (C=O) groups excluding carboxylic acids is 1. The Hall–Kier alpha value is -4.00. The van der Waals surface area contributed by atoms with Gasteiger partial charge in [0, 0.05) is 65.7 Å². The Balaban J connectivity index is 1.46. The van der Waals surface area contributed by atoms with E-state index < -0.39 is 0 Å². The molecule has 0 aliphatic heterocycles. The average molecular weight is 454 g/mol. The predicted molar refractivity (Wildman–Crippen MR) is 133 cm³/mol. The number of benzene rings is 1. The highest BCUT2D eigenvalue weighted by Crippen LogP contribution is 2.28. The summed E-state index contributed by atoms with van der Waals surface area (Å²) in [6.07, 6.45) is 13.6. The third-order valence-corrected chi connectivity index (χ3v) is 6.23. The van der Waals surface area contributed by atoms with Gasteiger partial charge in [-0.15, -0.1) is 0 Å². The lowest BCUT2D eigenvalue weighted by molar-refractivity contribution is 0.0904. The molecule has 4 heterocycles. The second-order valence-corrected chi connectivity index (χ2v) is 8.46. The number of fused-ring (bicyclic) bond motifs is 2. The normalized spacial score (nSPS) is 11.4. The second-order valence-electron chi connectivity index (χ2n) is 8.46. The molecule has 0 aliphatic rings. The predicted octanol–water partition coefficient (Wildman–Crippen LogP) is 5.79. The molecule has 0 atom stereocenters. The highest BCUT2D eigenvalue weighted by atomic mass is 16.5. The Morgan fingerprint density at radius 2 is 1.82 bits per heavy atom. The Morgan fingerprint density at radius 3 is 2.62 bits per heavy atom. The lowest BCUT2D eigenvalue weighted by atomic mass is 10.0. The van der Waals surface area contributed by atoms with Crippen molar-refractivity contribution in [1.29, 1.82) is 0 Å². The first kappa shape index (κ1) is 21.8. The molecule has 0 unspecified atom stereocenters. The molecule has 0 fully saturated rings. The van der Waals surface area contributed by atoms with Gasteiger partial charge in [0.15, 0.2) is 0 Å². The monoisotopic (exact) mass is 453 g/mol. The van der Waals surface area contributed by atoms with Crippen molar-refractivity contribution in [2.75, 3.05) is 7.11 Å². The van der Waals surface area contributed by atoms with Crippen LogP contribution in [-0.4, -0.2) is 37.5 Å². The van der Waals surface area contributed by atoms with Crippen LogP contribution >= 0.6 is 0 Å². The molecule has 5 aromatic rings. The summed E-state index contributed by atoms with van der Waals surface area (Å²) in [5.41, 5.74) is 5.95. The lowest BCUT2D eigenvalue weighted by Gasteiger charge is -2.07. The minimum Gasteiger partial charge on any atom is -0.467 e. The molecule has 172 valence electrons. The second kappa shape index (κ2) is 9.47. The van der Waals surface area contributed by atoms with Gasteiger partial charge in [0.05, 0.1) is 12.6 Å². The summed E-state index contributed by atoms with van der Waals surface area (Å²) in [4.78, 5) is 29.0. The molecular formula is C27H27N5O2. The van der Waals surface area contributed by atoms with E-state index in [0.29, 0.717) is 12.4 Å². The fourth-order valence-electron chi connectivity index (χ4n) is 4.39. The molecule has 0 bridgehead atoms. The van der Waals surface area contributed by atoms with E-state index in [9.17, 15) is 4.79 Å². The summed E-state index contributed by atoms with van der Waals surface area (Å²) in [5.74, 6) is 0.156. The highest BCUT2D eigenvalue weighted by molar-refractivity contribution is 5.94. The Kier molecular flexibility index (Phi) is 6.08. The van der Waals surface area contributed by atoms with Crippen molar-refractivity contribution in [3.63, 3.8) is 0 Å². The Morgan fingerprint density at radius 1 is 1.00 bits per heavy atom. The van der Waals surface area contributed by atoms with E-state index in [4.69, 9.17) is 4.74 Å². The number of methoxy groups -OCH3 is 1. The van der Waals surface area contributed by atoms with Crippen molar-refractivity contribution in [3.05, 3.63) is 72.4 Å². The van der Waals surface area contributed by atoms with Gasteiger partial charge in [-0.2, -0.15) is 0 Å². The van der Waals surface area contributed by atoms with Crippen LogP contribution in [0.5, 0.6) is 6.01 Å². The minimum absolute atomic E-state index is 0.156. The van der Waals surface area contributed by atoms with Gasteiger partial charge in [-0.1, -0.05) is 31.9 Å². The number of pyridine rings is 1. The number of ether oxygens (including phenoxy) is 1. The number of aromatic amines is 1. The van der Waals surface area contributed by atoms with Crippen LogP contribution in [0, 0.1) is 0 Å². The van der Waals surface area contributed by atoms with Crippen LogP contribution in [0.1, 0.15) is 48.5 Å². The van der Waals surface area contributed by atoms with E-state index in [0.717, 1.165) is 64.3 Å². The zero-order valence-corrected chi connectivity index (χ0v) is 19.4. The summed E-state index contributed by atoms with van der Waals surface area (Å²) in [6.45, 7) is 2.15. The van der Waals surface area contributed by atoms with Crippen molar-refractivity contribution in [2.24, 2.45) is 0 Å². The molecule has 0 spiro atoms. The van der Waals surface area contributed by atoms with Crippen molar-refractivity contribution in [2.45, 2.75) is 39.0 Å². The topological polar surface area (TPSA) is 85.7 Å². The van der Waals surface area contributed by atoms with Crippen LogP contribution in [0.15, 0.2) is 61.3 Å². The van der Waals surface area contributed by atoms with Gasteiger partial charge >= 0.3 is 6.01 Å². The maximum atomic E-state index is 12.7. The number of H-pyrrole nitrogens is 1. The summed E-state index contributed by atoms with van der Waals surface area (Å²) in [7, 11) is 1.55. The van der Waals surface area contributed by atoms with Gasteiger partial charge in [-0.05, 0) is 35.7 Å². The summed E-state index contributed by atoms with van der Waals surface area (Å²) in [6, 6.07) is 10.7. The fraction of sp³-hybridized carbons (Fsp3) is 0.259.